The first-order valence-electron chi connectivity index (χ1n) is 6.73. The maximum Gasteiger partial charge on any atom is 0.325 e. The van der Waals surface area contributed by atoms with Gasteiger partial charge in [-0.15, -0.1) is 0 Å². The van der Waals surface area contributed by atoms with E-state index in [1.54, 1.807) is 0 Å². The molecule has 0 aliphatic rings. The summed E-state index contributed by atoms with van der Waals surface area (Å²) in [6.45, 7) is 11.0. The van der Waals surface area contributed by atoms with E-state index in [0.717, 1.165) is 6.54 Å². The Bertz CT molecular complexity index is 452. The summed E-state index contributed by atoms with van der Waals surface area (Å²) in [5.74, 6) is -0.179. The van der Waals surface area contributed by atoms with Crippen molar-refractivity contribution in [2.45, 2.75) is 46.7 Å². The van der Waals surface area contributed by atoms with Crippen LogP contribution < -0.4 is 0 Å². The normalized spacial score (nSPS) is 11.7. The highest BCUT2D eigenvalue weighted by Crippen LogP contribution is 2.19. The maximum absolute atomic E-state index is 12.0. The van der Waals surface area contributed by atoms with Crippen molar-refractivity contribution in [3.8, 4) is 0 Å². The van der Waals surface area contributed by atoms with Crippen molar-refractivity contribution >= 4 is 5.97 Å². The lowest BCUT2D eigenvalue weighted by atomic mass is 10.0. The lowest BCUT2D eigenvalue weighted by Gasteiger charge is -2.33. The largest absolute Gasteiger partial charge is 0.465 e. The third kappa shape index (κ3) is 3.80. The van der Waals surface area contributed by atoms with Crippen LogP contribution in [0.3, 0.4) is 0 Å². The van der Waals surface area contributed by atoms with Gasteiger partial charge in [0.1, 0.15) is 5.54 Å². The molecule has 3 nitrogen and oxygen atoms in total. The highest BCUT2D eigenvalue weighted by atomic mass is 16.5. The van der Waals surface area contributed by atoms with E-state index in [1.165, 1.54) is 16.7 Å². The van der Waals surface area contributed by atoms with Gasteiger partial charge in [0.2, 0.25) is 0 Å². The third-order valence-corrected chi connectivity index (χ3v) is 3.72. The Labute approximate surface area is 116 Å². The lowest BCUT2D eigenvalue weighted by molar-refractivity contribution is -0.155. The van der Waals surface area contributed by atoms with Crippen molar-refractivity contribution in [3.63, 3.8) is 0 Å². The molecule has 0 spiro atoms. The van der Waals surface area contributed by atoms with E-state index in [1.807, 2.05) is 32.7 Å². The van der Waals surface area contributed by atoms with Gasteiger partial charge < -0.3 is 4.74 Å². The Morgan fingerprint density at radius 2 is 1.89 bits per heavy atom. The zero-order chi connectivity index (χ0) is 14.6. The topological polar surface area (TPSA) is 29.5 Å². The number of benzene rings is 1. The second kappa shape index (κ2) is 6.20. The predicted molar refractivity (Wildman–Crippen MR) is 78.1 cm³/mol. The monoisotopic (exact) mass is 263 g/mol. The average Bonchev–Trinajstić information content (AvgIpc) is 2.34. The first-order valence-corrected chi connectivity index (χ1v) is 6.73. The smallest absolute Gasteiger partial charge is 0.325 e. The molecule has 1 aromatic carbocycles. The third-order valence-electron chi connectivity index (χ3n) is 3.72. The van der Waals surface area contributed by atoms with Crippen molar-refractivity contribution in [2.75, 3.05) is 13.7 Å². The van der Waals surface area contributed by atoms with Gasteiger partial charge in [-0.3, -0.25) is 9.69 Å². The summed E-state index contributed by atoms with van der Waals surface area (Å²) >= 11 is 0. The highest BCUT2D eigenvalue weighted by Gasteiger charge is 2.33. The van der Waals surface area contributed by atoms with E-state index in [-0.39, 0.29) is 5.97 Å². The molecule has 1 aromatic rings. The number of aryl methyl sites for hydroxylation is 2. The predicted octanol–water partition coefficient (Wildman–Crippen LogP) is 3.08. The molecule has 106 valence electrons. The Hall–Kier alpha value is -1.35. The molecule has 1 rings (SSSR count). The molecule has 0 unspecified atom stereocenters. The summed E-state index contributed by atoms with van der Waals surface area (Å²) in [4.78, 5) is 14.0. The number of likely N-dealkylation sites (N-methyl/N-ethyl adjacent to an activating group) is 1. The van der Waals surface area contributed by atoms with Crippen LogP contribution in [0.2, 0.25) is 0 Å². The number of rotatable bonds is 5. The molecule has 19 heavy (non-hydrogen) atoms. The van der Waals surface area contributed by atoms with Crippen LogP contribution in [0.5, 0.6) is 0 Å². The van der Waals surface area contributed by atoms with Gasteiger partial charge in [0.15, 0.2) is 0 Å². The molecule has 0 bridgehead atoms. The molecule has 0 atom stereocenters. The van der Waals surface area contributed by atoms with Gasteiger partial charge in [0, 0.05) is 6.54 Å². The molecular formula is C16H25NO2. The molecule has 0 aliphatic carbocycles. The molecule has 0 amide bonds. The molecule has 0 fully saturated rings. The van der Waals surface area contributed by atoms with Crippen LogP contribution in [0, 0.1) is 13.8 Å². The van der Waals surface area contributed by atoms with Crippen LogP contribution in [0.1, 0.15) is 37.5 Å². The van der Waals surface area contributed by atoms with Crippen molar-refractivity contribution in [3.05, 3.63) is 34.9 Å². The van der Waals surface area contributed by atoms with E-state index in [0.29, 0.717) is 6.61 Å². The Morgan fingerprint density at radius 3 is 2.42 bits per heavy atom. The molecule has 0 aromatic heterocycles. The van der Waals surface area contributed by atoms with Crippen LogP contribution in [-0.4, -0.2) is 30.1 Å². The van der Waals surface area contributed by atoms with Gasteiger partial charge in [-0.2, -0.15) is 0 Å². The zero-order valence-corrected chi connectivity index (χ0v) is 12.9. The number of nitrogens with zero attached hydrogens (tertiary/aromatic N) is 1. The van der Waals surface area contributed by atoms with Crippen molar-refractivity contribution in [1.82, 2.24) is 4.90 Å². The van der Waals surface area contributed by atoms with Gasteiger partial charge in [0.25, 0.3) is 0 Å². The molecule has 3 heteroatoms. The van der Waals surface area contributed by atoms with Crippen LogP contribution in [0.25, 0.3) is 0 Å². The van der Waals surface area contributed by atoms with Gasteiger partial charge >= 0.3 is 5.97 Å². The molecule has 0 N–H and O–H groups in total. The molecule has 0 heterocycles. The molecular weight excluding hydrogens is 238 g/mol. The fourth-order valence-corrected chi connectivity index (χ4v) is 1.84. The number of carbonyl (C=O) groups excluding carboxylic acids is 1. The quantitative estimate of drug-likeness (QED) is 0.765. The minimum absolute atomic E-state index is 0.179. The van der Waals surface area contributed by atoms with E-state index in [2.05, 4.69) is 32.0 Å². The number of carbonyl (C=O) groups is 1. The fraction of sp³-hybridized carbons (Fsp3) is 0.562. The summed E-state index contributed by atoms with van der Waals surface area (Å²) in [5, 5.41) is 0. The minimum atomic E-state index is -0.616. The van der Waals surface area contributed by atoms with Crippen molar-refractivity contribution < 1.29 is 9.53 Å². The summed E-state index contributed by atoms with van der Waals surface area (Å²) in [6, 6.07) is 6.41. The summed E-state index contributed by atoms with van der Waals surface area (Å²) in [7, 11) is 1.95. The number of esters is 1. The van der Waals surface area contributed by atoms with Crippen LogP contribution in [0.15, 0.2) is 18.2 Å². The second-order valence-corrected chi connectivity index (χ2v) is 5.55. The van der Waals surface area contributed by atoms with E-state index in [4.69, 9.17) is 4.74 Å². The average molecular weight is 263 g/mol. The van der Waals surface area contributed by atoms with Gasteiger partial charge in [-0.05, 0) is 58.4 Å². The maximum atomic E-state index is 12.0. The van der Waals surface area contributed by atoms with Crippen molar-refractivity contribution in [1.29, 1.82) is 0 Å². The molecule has 0 saturated heterocycles. The van der Waals surface area contributed by atoms with E-state index < -0.39 is 5.54 Å². The van der Waals surface area contributed by atoms with Gasteiger partial charge in [0.05, 0.1) is 6.61 Å². The van der Waals surface area contributed by atoms with Gasteiger partial charge in [-0.1, -0.05) is 18.2 Å². The summed E-state index contributed by atoms with van der Waals surface area (Å²) in [5.41, 5.74) is 3.16. The Morgan fingerprint density at radius 1 is 1.26 bits per heavy atom. The zero-order valence-electron chi connectivity index (χ0n) is 12.9. The van der Waals surface area contributed by atoms with Crippen LogP contribution in [-0.2, 0) is 16.1 Å². The van der Waals surface area contributed by atoms with Gasteiger partial charge in [-0.25, -0.2) is 0 Å². The van der Waals surface area contributed by atoms with Crippen LogP contribution in [0.4, 0.5) is 0 Å². The SMILES string of the molecule is CCOC(=O)C(C)(C)N(C)Cc1ccc(C)c(C)c1. The Kier molecular flexibility index (Phi) is 5.12. The number of hydrogen-bond acceptors (Lipinski definition) is 3. The number of hydrogen-bond donors (Lipinski definition) is 0. The standard InChI is InChI=1S/C16H25NO2/c1-7-19-15(18)16(4,5)17(6)11-14-9-8-12(2)13(3)10-14/h8-10H,7,11H2,1-6H3. The van der Waals surface area contributed by atoms with E-state index >= 15 is 0 Å². The van der Waals surface area contributed by atoms with E-state index in [9.17, 15) is 4.79 Å². The minimum Gasteiger partial charge on any atom is -0.465 e. The first-order chi connectivity index (χ1) is 8.78. The molecule has 0 saturated carbocycles. The van der Waals surface area contributed by atoms with Crippen LogP contribution >= 0.6 is 0 Å². The highest BCUT2D eigenvalue weighted by molar-refractivity contribution is 5.79. The molecule has 0 radical (unpaired) electrons. The van der Waals surface area contributed by atoms with Crippen molar-refractivity contribution in [2.24, 2.45) is 0 Å². The Balaban J connectivity index is 2.80. The fourth-order valence-electron chi connectivity index (χ4n) is 1.84. The summed E-state index contributed by atoms with van der Waals surface area (Å²) in [6.07, 6.45) is 0. The summed E-state index contributed by atoms with van der Waals surface area (Å²) < 4.78 is 5.13. The first kappa shape index (κ1) is 15.7. The number of ether oxygens (including phenoxy) is 1. The molecule has 0 aliphatic heterocycles. The second-order valence-electron chi connectivity index (χ2n) is 5.55. The lowest BCUT2D eigenvalue weighted by Crippen LogP contribution is -2.48.